The van der Waals surface area contributed by atoms with Crippen molar-refractivity contribution in [3.63, 3.8) is 0 Å². The molecule has 0 bridgehead atoms. The average Bonchev–Trinajstić information content (AvgIpc) is 2.99. The van der Waals surface area contributed by atoms with E-state index in [-0.39, 0.29) is 17.4 Å². The predicted octanol–water partition coefficient (Wildman–Crippen LogP) is 6.08. The topological polar surface area (TPSA) is 32.7 Å². The van der Waals surface area contributed by atoms with Crippen molar-refractivity contribution in [2.75, 3.05) is 4.90 Å². The minimum atomic E-state index is -0.378. The van der Waals surface area contributed by atoms with Crippen LogP contribution in [0.5, 0.6) is 0 Å². The predicted molar refractivity (Wildman–Crippen MR) is 114 cm³/mol. The second-order valence-electron chi connectivity index (χ2n) is 6.12. The second kappa shape index (κ2) is 7.70. The number of rotatable bonds is 3. The molecule has 0 saturated heterocycles. The summed E-state index contributed by atoms with van der Waals surface area (Å²) in [4.78, 5) is 19.2. The molecule has 0 spiro atoms. The number of halogens is 3. The first kappa shape index (κ1) is 18.6. The molecule has 1 heterocycles. The normalized spacial score (nSPS) is 15.2. The van der Waals surface area contributed by atoms with Crippen LogP contribution >= 0.6 is 27.5 Å². The van der Waals surface area contributed by atoms with Gasteiger partial charge in [0.05, 0.1) is 10.7 Å². The van der Waals surface area contributed by atoms with Gasteiger partial charge in [-0.3, -0.25) is 9.69 Å². The van der Waals surface area contributed by atoms with E-state index in [2.05, 4.69) is 20.9 Å². The lowest BCUT2D eigenvalue weighted by Gasteiger charge is -2.19. The Morgan fingerprint density at radius 2 is 1.75 bits per heavy atom. The van der Waals surface area contributed by atoms with E-state index in [1.165, 1.54) is 17.0 Å². The molecule has 1 aliphatic rings. The molecule has 0 aliphatic carbocycles. The molecule has 3 aromatic rings. The molecule has 6 heteroatoms. The van der Waals surface area contributed by atoms with Crippen molar-refractivity contribution in [3.05, 3.63) is 105 Å². The van der Waals surface area contributed by atoms with Crippen molar-refractivity contribution in [1.29, 1.82) is 0 Å². The van der Waals surface area contributed by atoms with E-state index in [4.69, 9.17) is 11.6 Å². The highest BCUT2D eigenvalue weighted by Crippen LogP contribution is 2.30. The summed E-state index contributed by atoms with van der Waals surface area (Å²) in [6.07, 6.45) is 1.72. The minimum Gasteiger partial charge on any atom is -0.266 e. The number of benzene rings is 3. The average molecular weight is 456 g/mol. The number of carbonyl (C=O) groups excluding carboxylic acids is 1. The fraction of sp³-hybridized carbons (Fsp3) is 0. The van der Waals surface area contributed by atoms with E-state index in [0.717, 1.165) is 10.0 Å². The number of hydrogen-bond acceptors (Lipinski definition) is 2. The van der Waals surface area contributed by atoms with Crippen molar-refractivity contribution in [2.24, 2.45) is 4.99 Å². The van der Waals surface area contributed by atoms with Crippen molar-refractivity contribution >= 4 is 51.0 Å². The van der Waals surface area contributed by atoms with Gasteiger partial charge < -0.3 is 0 Å². The maximum Gasteiger partial charge on any atom is 0.282 e. The highest BCUT2D eigenvalue weighted by atomic mass is 79.9. The molecular weight excluding hydrogens is 443 g/mol. The van der Waals surface area contributed by atoms with Crippen molar-refractivity contribution in [2.45, 2.75) is 0 Å². The first-order valence-corrected chi connectivity index (χ1v) is 9.61. The molecule has 0 radical (unpaired) electrons. The molecule has 0 unspecified atom stereocenters. The summed E-state index contributed by atoms with van der Waals surface area (Å²) >= 11 is 9.78. The Kier molecular flexibility index (Phi) is 5.11. The number of aliphatic imine (C=N–C) groups is 1. The Morgan fingerprint density at radius 3 is 2.46 bits per heavy atom. The third kappa shape index (κ3) is 3.63. The molecule has 0 N–H and O–H groups in total. The van der Waals surface area contributed by atoms with Crippen molar-refractivity contribution in [3.8, 4) is 0 Å². The summed E-state index contributed by atoms with van der Waals surface area (Å²) in [5.74, 6) is -0.276. The van der Waals surface area contributed by atoms with Gasteiger partial charge in [0.15, 0.2) is 0 Å². The van der Waals surface area contributed by atoms with E-state index < -0.39 is 0 Å². The molecule has 3 nitrogen and oxygen atoms in total. The molecular formula is C22H13BrClFN2O. The standard InChI is InChI=1S/C22H13BrClFN2O/c23-15-5-3-4-14(12-15)13-20-22(28)27(17-10-8-16(25)9-11-17)21(26-20)18-6-1-2-7-19(18)24/h1-13H/b20-13+. The molecule has 138 valence electrons. The molecule has 0 atom stereocenters. The van der Waals surface area contributed by atoms with Crippen LogP contribution in [0.1, 0.15) is 11.1 Å². The van der Waals surface area contributed by atoms with Crippen LogP contribution in [0.2, 0.25) is 5.02 Å². The van der Waals surface area contributed by atoms with Gasteiger partial charge in [-0.25, -0.2) is 9.38 Å². The first-order valence-electron chi connectivity index (χ1n) is 8.44. The number of nitrogens with zero attached hydrogens (tertiary/aromatic N) is 2. The van der Waals surface area contributed by atoms with Crippen molar-refractivity contribution in [1.82, 2.24) is 0 Å². The quantitative estimate of drug-likeness (QED) is 0.441. The SMILES string of the molecule is O=C1/C(=C\c2cccc(Br)c2)N=C(c2ccccc2Cl)N1c1ccc(F)cc1. The number of anilines is 1. The molecule has 28 heavy (non-hydrogen) atoms. The smallest absolute Gasteiger partial charge is 0.266 e. The minimum absolute atomic E-state index is 0.275. The zero-order chi connectivity index (χ0) is 19.7. The lowest BCUT2D eigenvalue weighted by Crippen LogP contribution is -2.32. The number of carbonyl (C=O) groups is 1. The van der Waals surface area contributed by atoms with Crippen molar-refractivity contribution < 1.29 is 9.18 Å². The largest absolute Gasteiger partial charge is 0.282 e. The van der Waals surface area contributed by atoms with Gasteiger partial charge >= 0.3 is 0 Å². The van der Waals surface area contributed by atoms with Gasteiger partial charge in [0, 0.05) is 10.0 Å². The van der Waals surface area contributed by atoms with Crippen LogP contribution in [0, 0.1) is 5.82 Å². The van der Waals surface area contributed by atoms with Crippen LogP contribution < -0.4 is 4.90 Å². The highest BCUT2D eigenvalue weighted by molar-refractivity contribution is 9.10. The number of hydrogen-bond donors (Lipinski definition) is 0. The molecule has 4 rings (SSSR count). The van der Waals surface area contributed by atoms with Crippen LogP contribution in [0.4, 0.5) is 10.1 Å². The van der Waals surface area contributed by atoms with Crippen LogP contribution in [0.3, 0.4) is 0 Å². The molecule has 0 aromatic heterocycles. The van der Waals surface area contributed by atoms with E-state index >= 15 is 0 Å². The maximum atomic E-state index is 13.4. The zero-order valence-electron chi connectivity index (χ0n) is 14.4. The second-order valence-corrected chi connectivity index (χ2v) is 7.44. The van der Waals surface area contributed by atoms with Gasteiger partial charge in [0.25, 0.3) is 5.91 Å². The third-order valence-corrected chi connectivity index (χ3v) is 5.03. The first-order chi connectivity index (χ1) is 13.5. The Balaban J connectivity index is 1.85. The van der Waals surface area contributed by atoms with Gasteiger partial charge in [-0.15, -0.1) is 0 Å². The Labute approximate surface area is 174 Å². The Bertz CT molecular complexity index is 1130. The Hall–Kier alpha value is -2.76. The summed E-state index contributed by atoms with van der Waals surface area (Å²) < 4.78 is 14.3. The summed E-state index contributed by atoms with van der Waals surface area (Å²) in [7, 11) is 0. The summed E-state index contributed by atoms with van der Waals surface area (Å²) in [6, 6.07) is 20.4. The van der Waals surface area contributed by atoms with Crippen LogP contribution in [0.25, 0.3) is 6.08 Å². The van der Waals surface area contributed by atoms with Gasteiger partial charge in [-0.05, 0) is 60.2 Å². The molecule has 0 fully saturated rings. The fourth-order valence-electron chi connectivity index (χ4n) is 2.92. The van der Waals surface area contributed by atoms with Crippen LogP contribution in [-0.4, -0.2) is 11.7 Å². The number of amidine groups is 1. The Morgan fingerprint density at radius 1 is 1.00 bits per heavy atom. The summed E-state index contributed by atoms with van der Waals surface area (Å²) in [6.45, 7) is 0. The monoisotopic (exact) mass is 454 g/mol. The molecule has 0 saturated carbocycles. The lowest BCUT2D eigenvalue weighted by atomic mass is 10.1. The van der Waals surface area contributed by atoms with E-state index in [1.807, 2.05) is 36.4 Å². The maximum absolute atomic E-state index is 13.4. The van der Waals surface area contributed by atoms with E-state index in [0.29, 0.717) is 22.1 Å². The molecule has 3 aromatic carbocycles. The third-order valence-electron chi connectivity index (χ3n) is 4.21. The van der Waals surface area contributed by atoms with E-state index in [9.17, 15) is 9.18 Å². The summed E-state index contributed by atoms with van der Waals surface area (Å²) in [5, 5.41) is 0.477. The van der Waals surface area contributed by atoms with Gasteiger partial charge in [-0.2, -0.15) is 0 Å². The molecule has 1 aliphatic heterocycles. The van der Waals surface area contributed by atoms with Gasteiger partial charge in [-0.1, -0.05) is 51.8 Å². The van der Waals surface area contributed by atoms with Gasteiger partial charge in [0.1, 0.15) is 17.3 Å². The van der Waals surface area contributed by atoms with E-state index in [1.54, 1.807) is 30.3 Å². The zero-order valence-corrected chi connectivity index (χ0v) is 16.8. The highest BCUT2D eigenvalue weighted by Gasteiger charge is 2.33. The van der Waals surface area contributed by atoms with Gasteiger partial charge in [0.2, 0.25) is 0 Å². The summed E-state index contributed by atoms with van der Waals surface area (Å²) in [5.41, 5.74) is 2.25. The van der Waals surface area contributed by atoms with Crippen LogP contribution in [0.15, 0.2) is 88.0 Å². The number of amides is 1. The fourth-order valence-corrected chi connectivity index (χ4v) is 3.56. The molecule has 1 amide bonds. The lowest BCUT2D eigenvalue weighted by molar-refractivity contribution is -0.113. The van der Waals surface area contributed by atoms with Crippen LogP contribution in [-0.2, 0) is 4.79 Å².